The minimum Gasteiger partial charge on any atom is -0.492 e. The van der Waals surface area contributed by atoms with Gasteiger partial charge in [0.2, 0.25) is 0 Å². The molecule has 1 saturated heterocycles. The van der Waals surface area contributed by atoms with Crippen LogP contribution in [0.25, 0.3) is 0 Å². The summed E-state index contributed by atoms with van der Waals surface area (Å²) in [6.45, 7) is 4.61. The zero-order chi connectivity index (χ0) is 14.4. The minimum atomic E-state index is -0.434. The average Bonchev–Trinajstić information content (AvgIpc) is 2.48. The molecule has 110 valence electrons. The van der Waals surface area contributed by atoms with E-state index in [1.54, 1.807) is 12.1 Å². The number of nitrogens with zero attached hydrogens (tertiary/aromatic N) is 2. The van der Waals surface area contributed by atoms with Crippen molar-refractivity contribution >= 4 is 5.69 Å². The summed E-state index contributed by atoms with van der Waals surface area (Å²) in [5.41, 5.74) is 6.05. The zero-order valence-electron chi connectivity index (χ0n) is 11.3. The summed E-state index contributed by atoms with van der Waals surface area (Å²) in [6, 6.07) is 4.77. The van der Waals surface area contributed by atoms with Gasteiger partial charge in [0.1, 0.15) is 12.4 Å². The third kappa shape index (κ3) is 3.66. The molecule has 1 aromatic carbocycles. The lowest BCUT2D eigenvalue weighted by Crippen LogP contribution is -2.38. The topological polar surface area (TPSA) is 90.9 Å². The van der Waals surface area contributed by atoms with Crippen molar-refractivity contribution < 1.29 is 14.4 Å². The average molecular weight is 281 g/mol. The molecule has 1 fully saturated rings. The third-order valence-electron chi connectivity index (χ3n) is 3.28. The summed E-state index contributed by atoms with van der Waals surface area (Å²) in [5.74, 6) is 0.495. The molecule has 1 aliphatic heterocycles. The van der Waals surface area contributed by atoms with E-state index in [0.717, 1.165) is 32.8 Å². The first-order valence-electron chi connectivity index (χ1n) is 6.61. The zero-order valence-corrected chi connectivity index (χ0v) is 11.3. The Labute approximate surface area is 117 Å². The van der Waals surface area contributed by atoms with E-state index in [2.05, 4.69) is 4.90 Å². The van der Waals surface area contributed by atoms with Gasteiger partial charge in [-0.2, -0.15) is 0 Å². The molecule has 1 heterocycles. The first-order chi connectivity index (χ1) is 9.72. The Morgan fingerprint density at radius 2 is 2.15 bits per heavy atom. The predicted octanol–water partition coefficient (Wildman–Crippen LogP) is 0.765. The van der Waals surface area contributed by atoms with Crippen molar-refractivity contribution in [3.63, 3.8) is 0 Å². The molecular formula is C13H19N3O4. The van der Waals surface area contributed by atoms with E-state index in [0.29, 0.717) is 17.9 Å². The van der Waals surface area contributed by atoms with Gasteiger partial charge in [0, 0.05) is 32.2 Å². The minimum absolute atomic E-state index is 0.0105. The van der Waals surface area contributed by atoms with Crippen molar-refractivity contribution in [1.29, 1.82) is 0 Å². The Kier molecular flexibility index (Phi) is 5.28. The second kappa shape index (κ2) is 7.18. The van der Waals surface area contributed by atoms with E-state index in [1.165, 1.54) is 6.07 Å². The van der Waals surface area contributed by atoms with Crippen molar-refractivity contribution in [2.24, 2.45) is 5.73 Å². The molecule has 0 saturated carbocycles. The number of nitro benzene ring substituents is 1. The summed E-state index contributed by atoms with van der Waals surface area (Å²) in [6.07, 6.45) is 0. The second-order valence-corrected chi connectivity index (χ2v) is 4.52. The molecule has 1 aliphatic rings. The van der Waals surface area contributed by atoms with Gasteiger partial charge in [0.25, 0.3) is 5.69 Å². The number of nitro groups is 1. The molecule has 0 aliphatic carbocycles. The summed E-state index contributed by atoms with van der Waals surface area (Å²) >= 11 is 0. The van der Waals surface area contributed by atoms with Crippen molar-refractivity contribution in [3.8, 4) is 5.75 Å². The fourth-order valence-electron chi connectivity index (χ4n) is 2.17. The first-order valence-corrected chi connectivity index (χ1v) is 6.61. The van der Waals surface area contributed by atoms with Gasteiger partial charge in [-0.15, -0.1) is 0 Å². The lowest BCUT2D eigenvalue weighted by molar-refractivity contribution is -0.385. The smallest absolute Gasteiger partial charge is 0.277 e. The molecule has 0 bridgehead atoms. The normalized spacial score (nSPS) is 16.1. The first kappa shape index (κ1) is 14.7. The van der Waals surface area contributed by atoms with Crippen molar-refractivity contribution in [2.75, 3.05) is 39.5 Å². The quantitative estimate of drug-likeness (QED) is 0.611. The lowest BCUT2D eigenvalue weighted by Gasteiger charge is -2.26. The van der Waals surface area contributed by atoms with Crippen LogP contribution in [0.5, 0.6) is 5.75 Å². The van der Waals surface area contributed by atoms with Crippen LogP contribution in [0.15, 0.2) is 18.2 Å². The van der Waals surface area contributed by atoms with Crippen LogP contribution in [0.4, 0.5) is 5.69 Å². The van der Waals surface area contributed by atoms with Crippen molar-refractivity contribution in [1.82, 2.24) is 4.90 Å². The maximum absolute atomic E-state index is 10.9. The number of hydrogen-bond donors (Lipinski definition) is 1. The maximum Gasteiger partial charge on any atom is 0.277 e. The molecule has 7 nitrogen and oxygen atoms in total. The Morgan fingerprint density at radius 1 is 1.40 bits per heavy atom. The number of benzene rings is 1. The summed E-state index contributed by atoms with van der Waals surface area (Å²) < 4.78 is 10.9. The van der Waals surface area contributed by atoms with Gasteiger partial charge in [-0.25, -0.2) is 0 Å². The molecule has 7 heteroatoms. The second-order valence-electron chi connectivity index (χ2n) is 4.52. The maximum atomic E-state index is 10.9. The molecule has 0 atom stereocenters. The van der Waals surface area contributed by atoms with Gasteiger partial charge in [0.05, 0.1) is 23.7 Å². The van der Waals surface area contributed by atoms with Crippen LogP contribution in [0.3, 0.4) is 0 Å². The number of rotatable bonds is 6. The largest absolute Gasteiger partial charge is 0.492 e. The van der Waals surface area contributed by atoms with Crippen molar-refractivity contribution in [2.45, 2.75) is 6.54 Å². The summed E-state index contributed by atoms with van der Waals surface area (Å²) in [5, 5.41) is 10.9. The highest BCUT2D eigenvalue weighted by Crippen LogP contribution is 2.27. The molecular weight excluding hydrogens is 262 g/mol. The molecule has 0 amide bonds. The van der Waals surface area contributed by atoms with Gasteiger partial charge in [0.15, 0.2) is 0 Å². The Morgan fingerprint density at radius 3 is 2.80 bits per heavy atom. The Bertz CT molecular complexity index is 461. The van der Waals surface area contributed by atoms with E-state index in [1.807, 2.05) is 0 Å². The van der Waals surface area contributed by atoms with E-state index in [-0.39, 0.29) is 12.2 Å². The Balaban J connectivity index is 1.94. The summed E-state index contributed by atoms with van der Waals surface area (Å²) in [7, 11) is 0. The van der Waals surface area contributed by atoms with E-state index < -0.39 is 4.92 Å². The highest BCUT2D eigenvalue weighted by molar-refractivity contribution is 5.49. The van der Waals surface area contributed by atoms with Gasteiger partial charge in [-0.3, -0.25) is 15.0 Å². The number of nitrogens with two attached hydrogens (primary N) is 1. The SMILES string of the molecule is NCc1c(OCCN2CCOCC2)cccc1[N+](=O)[O-]. The number of hydrogen-bond acceptors (Lipinski definition) is 6. The lowest BCUT2D eigenvalue weighted by atomic mass is 10.1. The molecule has 20 heavy (non-hydrogen) atoms. The van der Waals surface area contributed by atoms with Gasteiger partial charge < -0.3 is 15.2 Å². The van der Waals surface area contributed by atoms with Gasteiger partial charge in [-0.1, -0.05) is 6.07 Å². The third-order valence-corrected chi connectivity index (χ3v) is 3.28. The Hall–Kier alpha value is -1.70. The van der Waals surface area contributed by atoms with E-state index >= 15 is 0 Å². The molecule has 1 aromatic rings. The molecule has 0 aromatic heterocycles. The molecule has 0 spiro atoms. The fourth-order valence-corrected chi connectivity index (χ4v) is 2.17. The molecule has 0 unspecified atom stereocenters. The highest BCUT2D eigenvalue weighted by atomic mass is 16.6. The van der Waals surface area contributed by atoms with E-state index in [9.17, 15) is 10.1 Å². The number of ether oxygens (including phenoxy) is 2. The van der Waals surface area contributed by atoms with Crippen LogP contribution in [-0.4, -0.2) is 49.3 Å². The van der Waals surface area contributed by atoms with Crippen LogP contribution < -0.4 is 10.5 Å². The van der Waals surface area contributed by atoms with Crippen LogP contribution in [0, 0.1) is 10.1 Å². The molecule has 2 rings (SSSR count). The monoisotopic (exact) mass is 281 g/mol. The van der Waals surface area contributed by atoms with Crippen LogP contribution >= 0.6 is 0 Å². The molecule has 2 N–H and O–H groups in total. The van der Waals surface area contributed by atoms with Crippen molar-refractivity contribution in [3.05, 3.63) is 33.9 Å². The van der Waals surface area contributed by atoms with Gasteiger partial charge >= 0.3 is 0 Å². The number of morpholine rings is 1. The van der Waals surface area contributed by atoms with E-state index in [4.69, 9.17) is 15.2 Å². The van der Waals surface area contributed by atoms with Crippen LogP contribution in [0.2, 0.25) is 0 Å². The molecule has 0 radical (unpaired) electrons. The predicted molar refractivity (Wildman–Crippen MR) is 73.7 cm³/mol. The van der Waals surface area contributed by atoms with Gasteiger partial charge in [-0.05, 0) is 6.07 Å². The summed E-state index contributed by atoms with van der Waals surface area (Å²) in [4.78, 5) is 12.7. The van der Waals surface area contributed by atoms with Crippen LogP contribution in [0.1, 0.15) is 5.56 Å². The van der Waals surface area contributed by atoms with Crippen LogP contribution in [-0.2, 0) is 11.3 Å². The highest BCUT2D eigenvalue weighted by Gasteiger charge is 2.17. The standard InChI is InChI=1S/C13H19N3O4/c14-10-11-12(16(17)18)2-1-3-13(11)20-9-6-15-4-7-19-8-5-15/h1-3H,4-10,14H2. The fraction of sp³-hybridized carbons (Fsp3) is 0.538.